The first-order chi connectivity index (χ1) is 13.8. The lowest BCUT2D eigenvalue weighted by atomic mass is 10.1. The molecule has 1 saturated heterocycles. The number of alkyl halides is 3. The molecule has 1 heterocycles. The zero-order chi connectivity index (χ0) is 21.0. The average Bonchev–Trinajstić information content (AvgIpc) is 2.71. The molecule has 1 fully saturated rings. The van der Waals surface area contributed by atoms with E-state index in [1.54, 1.807) is 6.07 Å². The Morgan fingerprint density at radius 1 is 0.862 bits per heavy atom. The van der Waals surface area contributed by atoms with E-state index >= 15 is 0 Å². The molecule has 0 N–H and O–H groups in total. The Morgan fingerprint density at radius 3 is 2.07 bits per heavy atom. The second kappa shape index (κ2) is 8.73. The second-order valence-corrected chi connectivity index (χ2v) is 6.83. The Labute approximate surface area is 165 Å². The highest BCUT2D eigenvalue weighted by molar-refractivity contribution is 5.96. The van der Waals surface area contributed by atoms with Crippen LogP contribution in [-0.2, 0) is 6.18 Å². The maximum atomic E-state index is 13.7. The van der Waals surface area contributed by atoms with Gasteiger partial charge in [0.15, 0.2) is 5.78 Å². The number of amides is 1. The van der Waals surface area contributed by atoms with Gasteiger partial charge < -0.3 is 4.90 Å². The summed E-state index contributed by atoms with van der Waals surface area (Å²) in [4.78, 5) is 28.1. The maximum Gasteiger partial charge on any atom is 0.417 e. The van der Waals surface area contributed by atoms with Gasteiger partial charge in [-0.3, -0.25) is 14.5 Å². The van der Waals surface area contributed by atoms with E-state index in [9.17, 15) is 27.2 Å². The van der Waals surface area contributed by atoms with Gasteiger partial charge in [0.2, 0.25) is 0 Å². The highest BCUT2D eigenvalue weighted by Gasteiger charge is 2.36. The summed E-state index contributed by atoms with van der Waals surface area (Å²) < 4.78 is 53.1. The zero-order valence-corrected chi connectivity index (χ0v) is 15.6. The van der Waals surface area contributed by atoms with Crippen molar-refractivity contribution < 1.29 is 27.2 Å². The summed E-state index contributed by atoms with van der Waals surface area (Å²) in [6, 6.07) is 10.5. The molecule has 8 heteroatoms. The number of carbonyl (C=O) groups excluding carboxylic acids is 2. The Bertz CT molecular complexity index is 890. The van der Waals surface area contributed by atoms with Crippen LogP contribution in [0.25, 0.3) is 0 Å². The van der Waals surface area contributed by atoms with Gasteiger partial charge in [0.1, 0.15) is 5.82 Å². The van der Waals surface area contributed by atoms with E-state index in [1.807, 2.05) is 4.90 Å². The largest absolute Gasteiger partial charge is 0.417 e. The number of benzene rings is 2. The third-order valence-electron chi connectivity index (χ3n) is 4.95. The summed E-state index contributed by atoms with van der Waals surface area (Å²) in [5, 5.41) is 0. The molecule has 3 rings (SSSR count). The van der Waals surface area contributed by atoms with E-state index in [0.29, 0.717) is 19.6 Å². The molecule has 0 spiro atoms. The summed E-state index contributed by atoms with van der Waals surface area (Å²) in [7, 11) is 0. The molecule has 0 unspecified atom stereocenters. The molecule has 0 bridgehead atoms. The van der Waals surface area contributed by atoms with Gasteiger partial charge in [-0.15, -0.1) is 0 Å². The van der Waals surface area contributed by atoms with E-state index in [4.69, 9.17) is 0 Å². The molecule has 0 aromatic heterocycles. The standard InChI is InChI=1S/C21H20F4N2O2/c22-18-8-4-2-6-16(18)19(28)9-10-26-11-13-27(14-12-26)20(29)15-5-1-3-7-17(15)21(23,24)25/h1-8H,9-14H2. The Balaban J connectivity index is 1.55. The number of carbonyl (C=O) groups is 2. The van der Waals surface area contributed by atoms with E-state index in [2.05, 4.69) is 0 Å². The minimum absolute atomic E-state index is 0.0464. The third kappa shape index (κ3) is 5.00. The molecular formula is C21H20F4N2O2. The Kier molecular flexibility index (Phi) is 6.32. The van der Waals surface area contributed by atoms with Crippen LogP contribution in [0.15, 0.2) is 48.5 Å². The number of rotatable bonds is 5. The summed E-state index contributed by atoms with van der Waals surface area (Å²) in [6.07, 6.45) is -4.47. The molecule has 0 radical (unpaired) electrons. The van der Waals surface area contributed by atoms with Crippen molar-refractivity contribution in [3.05, 3.63) is 71.0 Å². The molecule has 1 aliphatic rings. The van der Waals surface area contributed by atoms with Gasteiger partial charge >= 0.3 is 6.18 Å². The summed E-state index contributed by atoms with van der Waals surface area (Å²) >= 11 is 0. The van der Waals surface area contributed by atoms with Gasteiger partial charge in [-0.1, -0.05) is 24.3 Å². The van der Waals surface area contributed by atoms with Crippen molar-refractivity contribution in [2.75, 3.05) is 32.7 Å². The van der Waals surface area contributed by atoms with Crippen molar-refractivity contribution in [2.45, 2.75) is 12.6 Å². The van der Waals surface area contributed by atoms with Crippen LogP contribution in [0.3, 0.4) is 0 Å². The van der Waals surface area contributed by atoms with E-state index in [1.165, 1.54) is 41.3 Å². The van der Waals surface area contributed by atoms with Crippen LogP contribution < -0.4 is 0 Å². The van der Waals surface area contributed by atoms with Crippen LogP contribution >= 0.6 is 0 Å². The third-order valence-corrected chi connectivity index (χ3v) is 4.95. The fraction of sp³-hybridized carbons (Fsp3) is 0.333. The van der Waals surface area contributed by atoms with Crippen molar-refractivity contribution in [1.29, 1.82) is 0 Å². The number of ketones is 1. The number of halogens is 4. The van der Waals surface area contributed by atoms with Crippen LogP contribution in [0.4, 0.5) is 17.6 Å². The normalized spacial score (nSPS) is 15.4. The SMILES string of the molecule is O=C(CCN1CCN(C(=O)c2ccccc2C(F)(F)F)CC1)c1ccccc1F. The minimum Gasteiger partial charge on any atom is -0.336 e. The average molecular weight is 408 g/mol. The highest BCUT2D eigenvalue weighted by atomic mass is 19.4. The van der Waals surface area contributed by atoms with Crippen LogP contribution in [0.2, 0.25) is 0 Å². The molecule has 0 atom stereocenters. The number of nitrogens with zero attached hydrogens (tertiary/aromatic N) is 2. The first kappa shape index (κ1) is 21.0. The fourth-order valence-corrected chi connectivity index (χ4v) is 3.34. The lowest BCUT2D eigenvalue weighted by Crippen LogP contribution is -2.49. The summed E-state index contributed by atoms with van der Waals surface area (Å²) in [5.41, 5.74) is -1.25. The molecule has 1 amide bonds. The Morgan fingerprint density at radius 2 is 1.45 bits per heavy atom. The monoisotopic (exact) mass is 408 g/mol. The molecule has 0 aliphatic carbocycles. The van der Waals surface area contributed by atoms with Gasteiger partial charge in [-0.25, -0.2) is 4.39 Å². The smallest absolute Gasteiger partial charge is 0.336 e. The lowest BCUT2D eigenvalue weighted by molar-refractivity contribution is -0.138. The zero-order valence-electron chi connectivity index (χ0n) is 15.6. The predicted molar refractivity (Wildman–Crippen MR) is 99.1 cm³/mol. The first-order valence-corrected chi connectivity index (χ1v) is 9.23. The van der Waals surface area contributed by atoms with Crippen LogP contribution in [0, 0.1) is 5.82 Å². The molecule has 154 valence electrons. The van der Waals surface area contributed by atoms with Gasteiger partial charge in [0.05, 0.1) is 16.7 Å². The van der Waals surface area contributed by atoms with Crippen LogP contribution in [0.5, 0.6) is 0 Å². The quantitative estimate of drug-likeness (QED) is 0.557. The number of hydrogen-bond donors (Lipinski definition) is 0. The molecule has 4 nitrogen and oxygen atoms in total. The number of Topliss-reactive ketones (excluding diaryl/α,β-unsaturated/α-hetero) is 1. The number of hydrogen-bond acceptors (Lipinski definition) is 3. The maximum absolute atomic E-state index is 13.7. The van der Waals surface area contributed by atoms with E-state index < -0.39 is 23.5 Å². The molecule has 2 aromatic rings. The molecule has 1 aliphatic heterocycles. The van der Waals surface area contributed by atoms with E-state index in [0.717, 1.165) is 6.07 Å². The molecule has 29 heavy (non-hydrogen) atoms. The molecule has 0 saturated carbocycles. The molecule has 2 aromatic carbocycles. The van der Waals surface area contributed by atoms with Crippen molar-refractivity contribution in [3.63, 3.8) is 0 Å². The van der Waals surface area contributed by atoms with Crippen molar-refractivity contribution >= 4 is 11.7 Å². The topological polar surface area (TPSA) is 40.6 Å². The van der Waals surface area contributed by atoms with Crippen LogP contribution in [0.1, 0.15) is 32.7 Å². The van der Waals surface area contributed by atoms with Gasteiger partial charge in [0, 0.05) is 39.1 Å². The van der Waals surface area contributed by atoms with Crippen molar-refractivity contribution in [2.24, 2.45) is 0 Å². The lowest BCUT2D eigenvalue weighted by Gasteiger charge is -2.35. The van der Waals surface area contributed by atoms with Gasteiger partial charge in [-0.05, 0) is 24.3 Å². The Hall–Kier alpha value is -2.74. The molecular weight excluding hydrogens is 388 g/mol. The van der Waals surface area contributed by atoms with Gasteiger partial charge in [-0.2, -0.15) is 13.2 Å². The van der Waals surface area contributed by atoms with Gasteiger partial charge in [0.25, 0.3) is 5.91 Å². The minimum atomic E-state index is -4.60. The number of piperazine rings is 1. The second-order valence-electron chi connectivity index (χ2n) is 6.83. The van der Waals surface area contributed by atoms with Crippen molar-refractivity contribution in [1.82, 2.24) is 9.80 Å². The first-order valence-electron chi connectivity index (χ1n) is 9.23. The highest BCUT2D eigenvalue weighted by Crippen LogP contribution is 2.32. The van der Waals surface area contributed by atoms with Crippen LogP contribution in [-0.4, -0.2) is 54.2 Å². The summed E-state index contributed by atoms with van der Waals surface area (Å²) in [5.74, 6) is -1.52. The summed E-state index contributed by atoms with van der Waals surface area (Å²) in [6.45, 7) is 1.79. The predicted octanol–water partition coefficient (Wildman–Crippen LogP) is 3.88. The van der Waals surface area contributed by atoms with Crippen molar-refractivity contribution in [3.8, 4) is 0 Å². The fourth-order valence-electron chi connectivity index (χ4n) is 3.34. The van der Waals surface area contributed by atoms with E-state index in [-0.39, 0.29) is 36.4 Å².